The molecular weight excluding hydrogens is 326 g/mol. The van der Waals surface area contributed by atoms with Crippen molar-refractivity contribution < 1.29 is 4.79 Å². The van der Waals surface area contributed by atoms with Crippen LogP contribution in [-0.2, 0) is 0 Å². The second kappa shape index (κ2) is 7.00. The molecule has 1 atom stereocenters. The minimum Gasteiger partial charge on any atom is -0.397 e. The van der Waals surface area contributed by atoms with Gasteiger partial charge >= 0.3 is 0 Å². The summed E-state index contributed by atoms with van der Waals surface area (Å²) in [6.07, 6.45) is 1.69. The van der Waals surface area contributed by atoms with E-state index < -0.39 is 0 Å². The Labute approximate surface area is 153 Å². The van der Waals surface area contributed by atoms with Crippen molar-refractivity contribution in [2.45, 2.75) is 26.8 Å². The molecule has 0 aliphatic heterocycles. The van der Waals surface area contributed by atoms with Crippen LogP contribution in [0.5, 0.6) is 0 Å². The fourth-order valence-electron chi connectivity index (χ4n) is 3.21. The summed E-state index contributed by atoms with van der Waals surface area (Å²) in [6.45, 7) is 5.91. The van der Waals surface area contributed by atoms with Crippen LogP contribution in [0.3, 0.4) is 0 Å². The molecule has 26 heavy (non-hydrogen) atoms. The molecule has 134 valence electrons. The summed E-state index contributed by atoms with van der Waals surface area (Å²) in [7, 11) is 1.81. The molecule has 3 rings (SSSR count). The number of nitrogens with two attached hydrogens (primary N) is 1. The van der Waals surface area contributed by atoms with Gasteiger partial charge in [0.25, 0.3) is 5.91 Å². The Morgan fingerprint density at radius 3 is 2.65 bits per heavy atom. The van der Waals surface area contributed by atoms with Gasteiger partial charge in [-0.1, -0.05) is 12.1 Å². The fraction of sp³-hybridized carbons (Fsp3) is 0.250. The average molecular weight is 349 g/mol. The molecular formula is C20H23N5O. The van der Waals surface area contributed by atoms with Crippen LogP contribution in [0, 0.1) is 13.8 Å². The number of hydrogen-bond donors (Lipinski definition) is 2. The second-order valence-electron chi connectivity index (χ2n) is 6.46. The number of aryl methyl sites for hydroxylation is 2. The molecule has 0 aliphatic rings. The van der Waals surface area contributed by atoms with Crippen molar-refractivity contribution >= 4 is 11.6 Å². The summed E-state index contributed by atoms with van der Waals surface area (Å²) < 4.78 is 0. The Bertz CT molecular complexity index is 927. The maximum Gasteiger partial charge on any atom is 0.254 e. The predicted molar refractivity (Wildman–Crippen MR) is 103 cm³/mol. The van der Waals surface area contributed by atoms with E-state index in [4.69, 9.17) is 5.73 Å². The minimum atomic E-state index is -0.0928. The Hall–Kier alpha value is -3.15. The van der Waals surface area contributed by atoms with E-state index in [1.165, 1.54) is 0 Å². The zero-order valence-corrected chi connectivity index (χ0v) is 15.4. The van der Waals surface area contributed by atoms with Crippen LogP contribution in [0.15, 0.2) is 42.6 Å². The standard InChI is InChI=1S/C20H23N5O/c1-12-18(13(2)24-23-12)14(3)25(4)20(26)16-8-5-7-15(11-16)19-17(21)9-6-10-22-19/h5-11,14H,21H2,1-4H3,(H,23,24)/t14-/m0/s1. The lowest BCUT2D eigenvalue weighted by molar-refractivity contribution is 0.0742. The van der Waals surface area contributed by atoms with Crippen LogP contribution >= 0.6 is 0 Å². The monoisotopic (exact) mass is 349 g/mol. The van der Waals surface area contributed by atoms with Crippen molar-refractivity contribution in [3.63, 3.8) is 0 Å². The first-order chi connectivity index (χ1) is 12.4. The van der Waals surface area contributed by atoms with Crippen LogP contribution < -0.4 is 5.73 Å². The highest BCUT2D eigenvalue weighted by molar-refractivity contribution is 5.95. The number of nitrogen functional groups attached to an aromatic ring is 1. The van der Waals surface area contributed by atoms with Gasteiger partial charge in [0, 0.05) is 35.6 Å². The number of carbonyl (C=O) groups excluding carboxylic acids is 1. The summed E-state index contributed by atoms with van der Waals surface area (Å²) in [6, 6.07) is 10.9. The number of H-pyrrole nitrogens is 1. The Kier molecular flexibility index (Phi) is 4.75. The van der Waals surface area contributed by atoms with Gasteiger partial charge in [-0.05, 0) is 45.0 Å². The number of nitrogens with one attached hydrogen (secondary N) is 1. The van der Waals surface area contributed by atoms with Gasteiger partial charge in [0.15, 0.2) is 0 Å². The largest absolute Gasteiger partial charge is 0.397 e. The molecule has 3 N–H and O–H groups in total. The summed E-state index contributed by atoms with van der Waals surface area (Å²) in [4.78, 5) is 19.1. The first-order valence-electron chi connectivity index (χ1n) is 8.49. The molecule has 1 amide bonds. The lowest BCUT2D eigenvalue weighted by atomic mass is 10.0. The lowest BCUT2D eigenvalue weighted by Gasteiger charge is -2.26. The number of anilines is 1. The molecule has 6 heteroatoms. The van der Waals surface area contributed by atoms with Gasteiger partial charge in [-0.2, -0.15) is 5.10 Å². The quantitative estimate of drug-likeness (QED) is 0.754. The Balaban J connectivity index is 1.91. The fourth-order valence-corrected chi connectivity index (χ4v) is 3.21. The number of aromatic amines is 1. The molecule has 1 aromatic carbocycles. The van der Waals surface area contributed by atoms with Crippen molar-refractivity contribution in [1.29, 1.82) is 0 Å². The molecule has 0 aliphatic carbocycles. The number of hydrogen-bond acceptors (Lipinski definition) is 4. The Morgan fingerprint density at radius 2 is 2.00 bits per heavy atom. The zero-order chi connectivity index (χ0) is 18.8. The maximum absolute atomic E-state index is 13.0. The van der Waals surface area contributed by atoms with Crippen LogP contribution in [0.1, 0.15) is 40.3 Å². The van der Waals surface area contributed by atoms with Gasteiger partial charge in [0.2, 0.25) is 0 Å². The van der Waals surface area contributed by atoms with Crippen molar-refractivity contribution in [3.05, 3.63) is 65.1 Å². The van der Waals surface area contributed by atoms with Crippen molar-refractivity contribution in [1.82, 2.24) is 20.1 Å². The van der Waals surface area contributed by atoms with E-state index in [2.05, 4.69) is 15.2 Å². The molecule has 2 heterocycles. The molecule has 0 fully saturated rings. The van der Waals surface area contributed by atoms with E-state index in [-0.39, 0.29) is 11.9 Å². The lowest BCUT2D eigenvalue weighted by Crippen LogP contribution is -2.30. The molecule has 0 saturated carbocycles. The van der Waals surface area contributed by atoms with E-state index in [0.717, 1.165) is 22.5 Å². The third-order valence-electron chi connectivity index (χ3n) is 4.73. The number of pyridine rings is 1. The number of aromatic nitrogens is 3. The van der Waals surface area contributed by atoms with Gasteiger partial charge in [-0.15, -0.1) is 0 Å². The highest BCUT2D eigenvalue weighted by atomic mass is 16.2. The van der Waals surface area contributed by atoms with Crippen LogP contribution in [0.2, 0.25) is 0 Å². The number of rotatable bonds is 4. The topological polar surface area (TPSA) is 87.9 Å². The Morgan fingerprint density at radius 1 is 1.23 bits per heavy atom. The summed E-state index contributed by atoms with van der Waals surface area (Å²) in [5, 5.41) is 7.21. The summed E-state index contributed by atoms with van der Waals surface area (Å²) in [5.41, 5.74) is 11.6. The van der Waals surface area contributed by atoms with E-state index in [1.54, 1.807) is 30.3 Å². The van der Waals surface area contributed by atoms with E-state index in [0.29, 0.717) is 16.9 Å². The number of amides is 1. The highest BCUT2D eigenvalue weighted by Gasteiger charge is 2.23. The van der Waals surface area contributed by atoms with Gasteiger partial charge in [-0.3, -0.25) is 14.9 Å². The molecule has 2 aromatic heterocycles. The summed E-state index contributed by atoms with van der Waals surface area (Å²) in [5.74, 6) is -0.0612. The third-order valence-corrected chi connectivity index (χ3v) is 4.73. The van der Waals surface area contributed by atoms with Crippen molar-refractivity contribution in [3.8, 4) is 11.3 Å². The molecule has 0 bridgehead atoms. The van der Waals surface area contributed by atoms with Crippen LogP contribution in [-0.4, -0.2) is 33.0 Å². The second-order valence-corrected chi connectivity index (χ2v) is 6.46. The van der Waals surface area contributed by atoms with Gasteiger partial charge in [0.05, 0.1) is 23.1 Å². The zero-order valence-electron chi connectivity index (χ0n) is 15.4. The first kappa shape index (κ1) is 17.7. The first-order valence-corrected chi connectivity index (χ1v) is 8.49. The van der Waals surface area contributed by atoms with Crippen molar-refractivity contribution in [2.75, 3.05) is 12.8 Å². The molecule has 0 unspecified atom stereocenters. The molecule has 0 spiro atoms. The highest BCUT2D eigenvalue weighted by Crippen LogP contribution is 2.27. The van der Waals surface area contributed by atoms with E-state index >= 15 is 0 Å². The molecule has 6 nitrogen and oxygen atoms in total. The van der Waals surface area contributed by atoms with E-state index in [1.807, 2.05) is 45.0 Å². The maximum atomic E-state index is 13.0. The SMILES string of the molecule is Cc1n[nH]c(C)c1[C@H](C)N(C)C(=O)c1cccc(-c2ncccc2N)c1. The summed E-state index contributed by atoms with van der Waals surface area (Å²) >= 11 is 0. The van der Waals surface area contributed by atoms with Gasteiger partial charge in [-0.25, -0.2) is 0 Å². The number of nitrogens with zero attached hydrogens (tertiary/aromatic N) is 3. The normalized spacial score (nSPS) is 12.0. The van der Waals surface area contributed by atoms with E-state index in [9.17, 15) is 4.79 Å². The van der Waals surface area contributed by atoms with Gasteiger partial charge < -0.3 is 10.6 Å². The third kappa shape index (κ3) is 3.18. The van der Waals surface area contributed by atoms with Crippen molar-refractivity contribution in [2.24, 2.45) is 0 Å². The number of carbonyl (C=O) groups is 1. The minimum absolute atomic E-state index is 0.0612. The molecule has 0 saturated heterocycles. The molecule has 3 aromatic rings. The smallest absolute Gasteiger partial charge is 0.254 e. The predicted octanol–water partition coefficient (Wildman–Crippen LogP) is 3.50. The number of benzene rings is 1. The van der Waals surface area contributed by atoms with Crippen LogP contribution in [0.25, 0.3) is 11.3 Å². The average Bonchev–Trinajstić information content (AvgIpc) is 2.98. The van der Waals surface area contributed by atoms with Gasteiger partial charge in [0.1, 0.15) is 0 Å². The van der Waals surface area contributed by atoms with Crippen LogP contribution in [0.4, 0.5) is 5.69 Å². The molecule has 0 radical (unpaired) electrons.